The number of hydrogen-bond donors (Lipinski definition) is 1. The number of carboxylic acid groups (broad SMARTS) is 1. The Balaban J connectivity index is 2.76. The molecule has 1 aromatic rings. The molecule has 1 aromatic heterocycles. The number of aromatic carboxylic acids is 1. The third-order valence-corrected chi connectivity index (χ3v) is 2.82. The maximum absolute atomic E-state index is 10.8. The summed E-state index contributed by atoms with van der Waals surface area (Å²) in [6.07, 6.45) is 0. The molecule has 98 valence electrons. The Kier molecular flexibility index (Phi) is 4.93. The molecule has 1 unspecified atom stereocenters. The minimum Gasteiger partial charge on any atom is -0.475 e. The van der Waals surface area contributed by atoms with Crippen molar-refractivity contribution >= 4 is 5.97 Å². The summed E-state index contributed by atoms with van der Waals surface area (Å²) >= 11 is 0. The van der Waals surface area contributed by atoms with Gasteiger partial charge < -0.3 is 9.52 Å². The van der Waals surface area contributed by atoms with E-state index in [1.807, 2.05) is 13.8 Å². The second kappa shape index (κ2) is 6.22. The van der Waals surface area contributed by atoms with Crippen LogP contribution >= 0.6 is 0 Å². The Morgan fingerprint density at radius 1 is 1.67 bits per heavy atom. The predicted octanol–water partition coefficient (Wildman–Crippen LogP) is 2.27. The molecule has 0 radical (unpaired) electrons. The quantitative estimate of drug-likeness (QED) is 0.838. The molecule has 5 nitrogen and oxygen atoms in total. The van der Waals surface area contributed by atoms with Crippen molar-refractivity contribution in [1.29, 1.82) is 5.26 Å². The van der Waals surface area contributed by atoms with Gasteiger partial charge in [-0.25, -0.2) is 4.79 Å². The smallest absolute Gasteiger partial charge is 0.371 e. The second-order valence-electron chi connectivity index (χ2n) is 4.36. The molecular weight excluding hydrogens is 232 g/mol. The molecule has 0 aliphatic carbocycles. The molecular formula is C13H18N2O3. The maximum atomic E-state index is 10.8. The summed E-state index contributed by atoms with van der Waals surface area (Å²) in [6, 6.07) is 3.75. The number of hydrogen-bond acceptors (Lipinski definition) is 4. The number of aryl methyl sites for hydroxylation is 1. The van der Waals surface area contributed by atoms with Crippen LogP contribution in [0, 0.1) is 24.2 Å². The van der Waals surface area contributed by atoms with Crippen molar-refractivity contribution in [2.75, 3.05) is 13.1 Å². The first-order chi connectivity index (χ1) is 8.47. The predicted molar refractivity (Wildman–Crippen MR) is 66.1 cm³/mol. The molecule has 1 rings (SSSR count). The number of carbonyl (C=O) groups is 1. The minimum absolute atomic E-state index is 0.0353. The summed E-state index contributed by atoms with van der Waals surface area (Å²) in [6.45, 7) is 7.71. The second-order valence-corrected chi connectivity index (χ2v) is 4.36. The highest BCUT2D eigenvalue weighted by atomic mass is 16.4. The third kappa shape index (κ3) is 3.60. The van der Waals surface area contributed by atoms with Gasteiger partial charge in [0.15, 0.2) is 0 Å². The highest BCUT2D eigenvalue weighted by Crippen LogP contribution is 2.17. The van der Waals surface area contributed by atoms with E-state index in [0.29, 0.717) is 18.8 Å². The van der Waals surface area contributed by atoms with Gasteiger partial charge in [0.25, 0.3) is 0 Å². The molecule has 0 amide bonds. The van der Waals surface area contributed by atoms with Crippen LogP contribution in [0.2, 0.25) is 0 Å². The molecule has 0 aromatic carbocycles. The summed E-state index contributed by atoms with van der Waals surface area (Å²) in [4.78, 5) is 12.9. The zero-order valence-corrected chi connectivity index (χ0v) is 10.9. The summed E-state index contributed by atoms with van der Waals surface area (Å²) < 4.78 is 5.16. The zero-order chi connectivity index (χ0) is 13.7. The van der Waals surface area contributed by atoms with Crippen molar-refractivity contribution in [3.8, 4) is 6.07 Å². The van der Waals surface area contributed by atoms with Crippen molar-refractivity contribution in [3.05, 3.63) is 23.2 Å². The lowest BCUT2D eigenvalue weighted by Crippen LogP contribution is -2.27. The molecule has 0 saturated heterocycles. The fourth-order valence-corrected chi connectivity index (χ4v) is 1.76. The van der Waals surface area contributed by atoms with Crippen molar-refractivity contribution in [2.24, 2.45) is 5.92 Å². The lowest BCUT2D eigenvalue weighted by Gasteiger charge is -2.20. The van der Waals surface area contributed by atoms with E-state index in [0.717, 1.165) is 12.1 Å². The van der Waals surface area contributed by atoms with Crippen molar-refractivity contribution in [2.45, 2.75) is 27.3 Å². The molecule has 0 spiro atoms. The Morgan fingerprint density at radius 3 is 2.78 bits per heavy atom. The molecule has 0 fully saturated rings. The zero-order valence-electron chi connectivity index (χ0n) is 10.9. The summed E-state index contributed by atoms with van der Waals surface area (Å²) in [5.74, 6) is -0.517. The Labute approximate surface area is 107 Å². The van der Waals surface area contributed by atoms with Gasteiger partial charge in [0, 0.05) is 18.7 Å². The topological polar surface area (TPSA) is 77.5 Å². The highest BCUT2D eigenvalue weighted by molar-refractivity contribution is 5.84. The molecule has 0 saturated carbocycles. The van der Waals surface area contributed by atoms with E-state index >= 15 is 0 Å². The van der Waals surface area contributed by atoms with Gasteiger partial charge in [-0.1, -0.05) is 6.92 Å². The third-order valence-electron chi connectivity index (χ3n) is 2.82. The minimum atomic E-state index is -1.06. The SMILES string of the molecule is CCN(Cc1cc(C(=O)O)oc1C)CC(C)C#N. The van der Waals surface area contributed by atoms with Crippen LogP contribution in [0.4, 0.5) is 0 Å². The first kappa shape index (κ1) is 14.3. The van der Waals surface area contributed by atoms with E-state index in [-0.39, 0.29) is 11.7 Å². The lowest BCUT2D eigenvalue weighted by molar-refractivity contribution is 0.0661. The van der Waals surface area contributed by atoms with Gasteiger partial charge in [-0.05, 0) is 26.5 Å². The van der Waals surface area contributed by atoms with Crippen LogP contribution in [0.1, 0.15) is 35.7 Å². The van der Waals surface area contributed by atoms with E-state index in [1.54, 1.807) is 13.0 Å². The maximum Gasteiger partial charge on any atom is 0.371 e. The molecule has 18 heavy (non-hydrogen) atoms. The van der Waals surface area contributed by atoms with Crippen LogP contribution in [0.5, 0.6) is 0 Å². The van der Waals surface area contributed by atoms with E-state index < -0.39 is 5.97 Å². The van der Waals surface area contributed by atoms with Crippen molar-refractivity contribution < 1.29 is 14.3 Å². The fourth-order valence-electron chi connectivity index (χ4n) is 1.76. The Morgan fingerprint density at radius 2 is 2.33 bits per heavy atom. The Bertz CT molecular complexity index is 459. The van der Waals surface area contributed by atoms with Gasteiger partial charge in [-0.2, -0.15) is 5.26 Å². The van der Waals surface area contributed by atoms with Crippen LogP contribution < -0.4 is 0 Å². The van der Waals surface area contributed by atoms with Gasteiger partial charge in [-0.3, -0.25) is 4.90 Å². The number of carboxylic acids is 1. The van der Waals surface area contributed by atoms with Gasteiger partial charge in [0.1, 0.15) is 5.76 Å². The van der Waals surface area contributed by atoms with Gasteiger partial charge in [-0.15, -0.1) is 0 Å². The molecule has 5 heteroatoms. The number of furan rings is 1. The summed E-state index contributed by atoms with van der Waals surface area (Å²) in [5.41, 5.74) is 0.861. The van der Waals surface area contributed by atoms with Gasteiger partial charge >= 0.3 is 5.97 Å². The van der Waals surface area contributed by atoms with Crippen molar-refractivity contribution in [1.82, 2.24) is 4.90 Å². The molecule has 1 atom stereocenters. The van der Waals surface area contributed by atoms with E-state index in [9.17, 15) is 4.79 Å². The average Bonchev–Trinajstić information content (AvgIpc) is 2.70. The van der Waals surface area contributed by atoms with Gasteiger partial charge in [0.2, 0.25) is 5.76 Å². The van der Waals surface area contributed by atoms with E-state index in [4.69, 9.17) is 14.8 Å². The van der Waals surface area contributed by atoms with Crippen LogP contribution in [0.15, 0.2) is 10.5 Å². The standard InChI is InChI=1S/C13H18N2O3/c1-4-15(7-9(2)6-14)8-11-5-12(13(16)17)18-10(11)3/h5,9H,4,7-8H2,1-3H3,(H,16,17). The molecule has 0 aliphatic heterocycles. The average molecular weight is 250 g/mol. The monoisotopic (exact) mass is 250 g/mol. The van der Waals surface area contributed by atoms with E-state index in [2.05, 4.69) is 11.0 Å². The lowest BCUT2D eigenvalue weighted by atomic mass is 10.1. The summed E-state index contributed by atoms with van der Waals surface area (Å²) in [7, 11) is 0. The number of nitrogens with zero attached hydrogens (tertiary/aromatic N) is 2. The molecule has 1 N–H and O–H groups in total. The fraction of sp³-hybridized carbons (Fsp3) is 0.538. The highest BCUT2D eigenvalue weighted by Gasteiger charge is 2.16. The first-order valence-electron chi connectivity index (χ1n) is 5.92. The molecule has 0 aliphatic rings. The first-order valence-corrected chi connectivity index (χ1v) is 5.92. The van der Waals surface area contributed by atoms with Crippen LogP contribution in [-0.2, 0) is 6.54 Å². The van der Waals surface area contributed by atoms with Crippen LogP contribution in [-0.4, -0.2) is 29.1 Å². The van der Waals surface area contributed by atoms with Crippen LogP contribution in [0.3, 0.4) is 0 Å². The van der Waals surface area contributed by atoms with Crippen LogP contribution in [0.25, 0.3) is 0 Å². The number of rotatable bonds is 6. The van der Waals surface area contributed by atoms with Crippen molar-refractivity contribution in [3.63, 3.8) is 0 Å². The molecule has 1 heterocycles. The molecule has 0 bridgehead atoms. The normalized spacial score (nSPS) is 12.4. The summed E-state index contributed by atoms with van der Waals surface area (Å²) in [5, 5.41) is 17.7. The van der Waals surface area contributed by atoms with Gasteiger partial charge in [0.05, 0.1) is 12.0 Å². The largest absolute Gasteiger partial charge is 0.475 e. The van der Waals surface area contributed by atoms with E-state index in [1.165, 1.54) is 0 Å². The number of nitriles is 1. The Hall–Kier alpha value is -1.80.